The maximum absolute atomic E-state index is 12.0. The van der Waals surface area contributed by atoms with E-state index in [1.807, 2.05) is 32.0 Å². The number of aromatic nitrogens is 2. The first-order valence-electron chi connectivity index (χ1n) is 6.65. The van der Waals surface area contributed by atoms with Crippen LogP contribution in [-0.2, 0) is 11.2 Å². The zero-order valence-electron chi connectivity index (χ0n) is 12.3. The molecule has 0 atom stereocenters. The van der Waals surface area contributed by atoms with Gasteiger partial charge in [-0.3, -0.25) is 9.89 Å². The van der Waals surface area contributed by atoms with E-state index in [-0.39, 0.29) is 5.91 Å². The normalized spacial score (nSPS) is 10.5. The number of halogens is 1. The third kappa shape index (κ3) is 3.85. The molecular formula is C15H18BrN3O2. The fourth-order valence-electron chi connectivity index (χ4n) is 2.06. The second kappa shape index (κ2) is 6.76. The molecule has 1 aromatic carbocycles. The SMILES string of the molecule is COc1ccc(CCC(=O)Nc2c(C)n[nH]c2C)cc1Br. The van der Waals surface area contributed by atoms with Gasteiger partial charge in [0.25, 0.3) is 0 Å². The summed E-state index contributed by atoms with van der Waals surface area (Å²) < 4.78 is 6.08. The summed E-state index contributed by atoms with van der Waals surface area (Å²) in [6, 6.07) is 5.83. The molecule has 0 unspecified atom stereocenters. The fourth-order valence-corrected chi connectivity index (χ4v) is 2.65. The van der Waals surface area contributed by atoms with E-state index >= 15 is 0 Å². The highest BCUT2D eigenvalue weighted by molar-refractivity contribution is 9.10. The van der Waals surface area contributed by atoms with Crippen molar-refractivity contribution in [2.45, 2.75) is 26.7 Å². The zero-order valence-corrected chi connectivity index (χ0v) is 13.9. The Hall–Kier alpha value is -1.82. The largest absolute Gasteiger partial charge is 0.496 e. The maximum Gasteiger partial charge on any atom is 0.224 e. The molecule has 1 amide bonds. The summed E-state index contributed by atoms with van der Waals surface area (Å²) in [5.41, 5.74) is 3.52. The lowest BCUT2D eigenvalue weighted by Crippen LogP contribution is -2.13. The molecule has 1 aromatic heterocycles. The summed E-state index contributed by atoms with van der Waals surface area (Å²) in [4.78, 5) is 12.0. The standard InChI is InChI=1S/C15H18BrN3O2/c1-9-15(10(2)19-18-9)17-14(20)7-5-11-4-6-13(21-3)12(16)8-11/h4,6,8H,5,7H2,1-3H3,(H,17,20)(H,18,19). The van der Waals surface area contributed by atoms with E-state index < -0.39 is 0 Å². The molecule has 0 aliphatic rings. The Morgan fingerprint density at radius 3 is 2.76 bits per heavy atom. The second-order valence-electron chi connectivity index (χ2n) is 4.83. The number of ether oxygens (including phenoxy) is 1. The van der Waals surface area contributed by atoms with Gasteiger partial charge in [0.1, 0.15) is 5.75 Å². The van der Waals surface area contributed by atoms with Gasteiger partial charge in [-0.25, -0.2) is 0 Å². The smallest absolute Gasteiger partial charge is 0.224 e. The molecule has 0 aliphatic carbocycles. The number of carbonyl (C=O) groups excluding carboxylic acids is 1. The van der Waals surface area contributed by atoms with Crippen molar-refractivity contribution in [2.24, 2.45) is 0 Å². The van der Waals surface area contributed by atoms with E-state index in [0.717, 1.165) is 32.9 Å². The van der Waals surface area contributed by atoms with Crippen molar-refractivity contribution in [3.05, 3.63) is 39.6 Å². The molecule has 0 saturated heterocycles. The number of nitrogens with one attached hydrogen (secondary N) is 2. The van der Waals surface area contributed by atoms with Crippen molar-refractivity contribution < 1.29 is 9.53 Å². The van der Waals surface area contributed by atoms with Crippen molar-refractivity contribution in [2.75, 3.05) is 12.4 Å². The first-order valence-corrected chi connectivity index (χ1v) is 7.44. The van der Waals surface area contributed by atoms with Gasteiger partial charge in [-0.05, 0) is 53.9 Å². The Labute approximate surface area is 132 Å². The lowest BCUT2D eigenvalue weighted by atomic mass is 10.1. The van der Waals surface area contributed by atoms with Crippen molar-refractivity contribution in [3.63, 3.8) is 0 Å². The first-order chi connectivity index (χ1) is 10.0. The molecular weight excluding hydrogens is 334 g/mol. The van der Waals surface area contributed by atoms with Gasteiger partial charge in [0.05, 0.1) is 28.7 Å². The summed E-state index contributed by atoms with van der Waals surface area (Å²) in [5, 5.41) is 9.81. The van der Waals surface area contributed by atoms with Crippen LogP contribution >= 0.6 is 15.9 Å². The summed E-state index contributed by atoms with van der Waals surface area (Å²) in [6.07, 6.45) is 1.09. The van der Waals surface area contributed by atoms with Gasteiger partial charge in [0.2, 0.25) is 5.91 Å². The Morgan fingerprint density at radius 2 is 2.19 bits per heavy atom. The molecule has 2 aromatic rings. The molecule has 6 heteroatoms. The monoisotopic (exact) mass is 351 g/mol. The number of rotatable bonds is 5. The Bertz CT molecular complexity index is 633. The van der Waals surface area contributed by atoms with Crippen LogP contribution in [0.3, 0.4) is 0 Å². The Balaban J connectivity index is 1.94. The van der Waals surface area contributed by atoms with Crippen molar-refractivity contribution in [3.8, 4) is 5.75 Å². The van der Waals surface area contributed by atoms with E-state index in [1.54, 1.807) is 7.11 Å². The summed E-state index contributed by atoms with van der Waals surface area (Å²) >= 11 is 3.44. The van der Waals surface area contributed by atoms with Gasteiger partial charge in [0, 0.05) is 6.42 Å². The van der Waals surface area contributed by atoms with E-state index in [2.05, 4.69) is 31.4 Å². The zero-order chi connectivity index (χ0) is 15.4. The Kier molecular flexibility index (Phi) is 5.01. The highest BCUT2D eigenvalue weighted by Gasteiger charge is 2.10. The van der Waals surface area contributed by atoms with Gasteiger partial charge < -0.3 is 10.1 Å². The summed E-state index contributed by atoms with van der Waals surface area (Å²) in [7, 11) is 1.63. The number of amides is 1. The fraction of sp³-hybridized carbons (Fsp3) is 0.333. The first kappa shape index (κ1) is 15.6. The average Bonchev–Trinajstić information content (AvgIpc) is 2.77. The van der Waals surface area contributed by atoms with E-state index in [9.17, 15) is 4.79 Å². The molecule has 0 spiro atoms. The number of hydrogen-bond acceptors (Lipinski definition) is 3. The van der Waals surface area contributed by atoms with Gasteiger partial charge in [-0.1, -0.05) is 6.07 Å². The van der Waals surface area contributed by atoms with Crippen LogP contribution in [0.1, 0.15) is 23.4 Å². The molecule has 2 rings (SSSR count). The Morgan fingerprint density at radius 1 is 1.43 bits per heavy atom. The molecule has 0 radical (unpaired) electrons. The van der Waals surface area contributed by atoms with E-state index in [4.69, 9.17) is 4.74 Å². The second-order valence-corrected chi connectivity index (χ2v) is 5.68. The van der Waals surface area contributed by atoms with Crippen molar-refractivity contribution in [1.29, 1.82) is 0 Å². The third-order valence-corrected chi connectivity index (χ3v) is 3.87. The number of aromatic amines is 1. The molecule has 5 nitrogen and oxygen atoms in total. The van der Waals surface area contributed by atoms with Crippen molar-refractivity contribution in [1.82, 2.24) is 10.2 Å². The summed E-state index contributed by atoms with van der Waals surface area (Å²) in [5.74, 6) is 0.766. The van der Waals surface area contributed by atoms with E-state index in [1.165, 1.54) is 0 Å². The van der Waals surface area contributed by atoms with Crippen LogP contribution in [0.5, 0.6) is 5.75 Å². The number of nitrogens with zero attached hydrogens (tertiary/aromatic N) is 1. The quantitative estimate of drug-likeness (QED) is 0.867. The predicted octanol–water partition coefficient (Wildman–Crippen LogP) is 3.37. The minimum absolute atomic E-state index is 0.0189. The predicted molar refractivity (Wildman–Crippen MR) is 85.7 cm³/mol. The number of H-pyrrole nitrogens is 1. The van der Waals surface area contributed by atoms with Crippen LogP contribution in [0.4, 0.5) is 5.69 Å². The number of methoxy groups -OCH3 is 1. The van der Waals surface area contributed by atoms with Gasteiger partial charge >= 0.3 is 0 Å². The van der Waals surface area contributed by atoms with Crippen LogP contribution in [0, 0.1) is 13.8 Å². The highest BCUT2D eigenvalue weighted by Crippen LogP contribution is 2.26. The molecule has 2 N–H and O–H groups in total. The molecule has 112 valence electrons. The maximum atomic E-state index is 12.0. The lowest BCUT2D eigenvalue weighted by molar-refractivity contribution is -0.116. The van der Waals surface area contributed by atoms with Crippen LogP contribution in [0.25, 0.3) is 0 Å². The van der Waals surface area contributed by atoms with Gasteiger partial charge in [-0.15, -0.1) is 0 Å². The number of benzene rings is 1. The van der Waals surface area contributed by atoms with Crippen LogP contribution in [-0.4, -0.2) is 23.2 Å². The van der Waals surface area contributed by atoms with E-state index in [0.29, 0.717) is 12.8 Å². The van der Waals surface area contributed by atoms with Crippen LogP contribution in [0.15, 0.2) is 22.7 Å². The number of hydrogen-bond donors (Lipinski definition) is 2. The number of anilines is 1. The third-order valence-electron chi connectivity index (χ3n) is 3.25. The van der Waals surface area contributed by atoms with Crippen LogP contribution < -0.4 is 10.1 Å². The number of aryl methyl sites for hydroxylation is 3. The average molecular weight is 352 g/mol. The molecule has 0 aliphatic heterocycles. The van der Waals surface area contributed by atoms with Gasteiger partial charge in [-0.2, -0.15) is 5.10 Å². The summed E-state index contributed by atoms with van der Waals surface area (Å²) in [6.45, 7) is 3.75. The topological polar surface area (TPSA) is 67.0 Å². The molecule has 0 saturated carbocycles. The highest BCUT2D eigenvalue weighted by atomic mass is 79.9. The lowest BCUT2D eigenvalue weighted by Gasteiger charge is -2.07. The van der Waals surface area contributed by atoms with Crippen molar-refractivity contribution >= 4 is 27.5 Å². The molecule has 0 fully saturated rings. The van der Waals surface area contributed by atoms with Crippen LogP contribution in [0.2, 0.25) is 0 Å². The molecule has 21 heavy (non-hydrogen) atoms. The minimum atomic E-state index is -0.0189. The minimum Gasteiger partial charge on any atom is -0.496 e. The van der Waals surface area contributed by atoms with Gasteiger partial charge in [0.15, 0.2) is 0 Å². The molecule has 1 heterocycles. The molecule has 0 bridgehead atoms. The number of carbonyl (C=O) groups is 1.